The van der Waals surface area contributed by atoms with E-state index in [1.807, 2.05) is 0 Å². The maximum Gasteiger partial charge on any atom is 0.416 e. The maximum atomic E-state index is 12.9. The second kappa shape index (κ2) is 7.12. The smallest absolute Gasteiger partial charge is 0.416 e. The fourth-order valence-electron chi connectivity index (χ4n) is 3.68. The molecule has 3 saturated heterocycles. The molecule has 1 aromatic heterocycles. The molecule has 1 aromatic carbocycles. The van der Waals surface area contributed by atoms with Crippen molar-refractivity contribution in [2.75, 3.05) is 25.0 Å². The van der Waals surface area contributed by atoms with Crippen LogP contribution in [-0.4, -0.2) is 41.7 Å². The molecule has 4 heterocycles. The SMILES string of the molecule is O=C(Nc1ncsc1-c1cccc(C(F)(F)F)c1)OC1CN2CCC1CC2. The van der Waals surface area contributed by atoms with Crippen LogP contribution in [0, 0.1) is 5.92 Å². The third kappa shape index (κ3) is 3.93. The quantitative estimate of drug-likeness (QED) is 0.830. The van der Waals surface area contributed by atoms with Gasteiger partial charge in [0.25, 0.3) is 0 Å². The van der Waals surface area contributed by atoms with Crippen LogP contribution in [0.2, 0.25) is 0 Å². The van der Waals surface area contributed by atoms with E-state index in [1.54, 1.807) is 6.07 Å². The van der Waals surface area contributed by atoms with Crippen LogP contribution in [0.1, 0.15) is 18.4 Å². The summed E-state index contributed by atoms with van der Waals surface area (Å²) < 4.78 is 44.4. The van der Waals surface area contributed by atoms with E-state index in [0.29, 0.717) is 16.4 Å². The largest absolute Gasteiger partial charge is 0.444 e. The first-order valence-electron chi connectivity index (χ1n) is 8.71. The molecular weight excluding hydrogens is 379 g/mol. The van der Waals surface area contributed by atoms with Crippen molar-refractivity contribution in [3.05, 3.63) is 35.3 Å². The molecule has 3 aliphatic heterocycles. The molecule has 2 aromatic rings. The van der Waals surface area contributed by atoms with Gasteiger partial charge in [0, 0.05) is 6.54 Å². The van der Waals surface area contributed by atoms with Gasteiger partial charge in [0.1, 0.15) is 6.10 Å². The molecule has 1 N–H and O–H groups in total. The first kappa shape index (κ1) is 18.2. The first-order chi connectivity index (χ1) is 12.9. The minimum Gasteiger partial charge on any atom is -0.444 e. The lowest BCUT2D eigenvalue weighted by Gasteiger charge is -2.43. The van der Waals surface area contributed by atoms with Crippen LogP contribution in [-0.2, 0) is 10.9 Å². The predicted molar refractivity (Wildman–Crippen MR) is 95.6 cm³/mol. The molecule has 144 valence electrons. The van der Waals surface area contributed by atoms with Crippen LogP contribution in [0.25, 0.3) is 10.4 Å². The number of piperidine rings is 3. The summed E-state index contributed by atoms with van der Waals surface area (Å²) in [6.07, 6.45) is -3.16. The Morgan fingerprint density at radius 1 is 1.30 bits per heavy atom. The summed E-state index contributed by atoms with van der Waals surface area (Å²) in [5.41, 5.74) is 1.10. The van der Waals surface area contributed by atoms with E-state index >= 15 is 0 Å². The number of hydrogen-bond acceptors (Lipinski definition) is 5. The molecule has 1 amide bonds. The molecule has 9 heteroatoms. The van der Waals surface area contributed by atoms with Crippen molar-refractivity contribution in [1.29, 1.82) is 0 Å². The van der Waals surface area contributed by atoms with Gasteiger partial charge in [0.05, 0.1) is 16.0 Å². The van der Waals surface area contributed by atoms with Crippen molar-refractivity contribution < 1.29 is 22.7 Å². The number of fused-ring (bicyclic) bond motifs is 3. The normalized spacial score (nSPS) is 24.6. The number of hydrogen-bond donors (Lipinski definition) is 1. The van der Waals surface area contributed by atoms with Gasteiger partial charge in [-0.2, -0.15) is 13.2 Å². The van der Waals surface area contributed by atoms with E-state index in [9.17, 15) is 18.0 Å². The average molecular weight is 397 g/mol. The highest BCUT2D eigenvalue weighted by Gasteiger charge is 2.36. The van der Waals surface area contributed by atoms with Crippen LogP contribution in [0.5, 0.6) is 0 Å². The predicted octanol–water partition coefficient (Wildman–Crippen LogP) is 4.47. The van der Waals surface area contributed by atoms with E-state index in [0.717, 1.165) is 44.6 Å². The molecule has 5 nitrogen and oxygen atoms in total. The van der Waals surface area contributed by atoms with Gasteiger partial charge in [-0.05, 0) is 49.5 Å². The number of thiazole rings is 1. The topological polar surface area (TPSA) is 54.5 Å². The van der Waals surface area contributed by atoms with E-state index in [4.69, 9.17) is 4.74 Å². The Kier molecular flexibility index (Phi) is 4.81. The van der Waals surface area contributed by atoms with Crippen LogP contribution in [0.3, 0.4) is 0 Å². The molecule has 5 rings (SSSR count). The number of amides is 1. The molecule has 0 saturated carbocycles. The number of carbonyl (C=O) groups excluding carboxylic acids is 1. The van der Waals surface area contributed by atoms with Crippen LogP contribution in [0.15, 0.2) is 29.8 Å². The maximum absolute atomic E-state index is 12.9. The number of nitrogens with zero attached hydrogens (tertiary/aromatic N) is 2. The van der Waals surface area contributed by atoms with Crippen molar-refractivity contribution in [3.63, 3.8) is 0 Å². The summed E-state index contributed by atoms with van der Waals surface area (Å²) in [5.74, 6) is 0.588. The fourth-order valence-corrected chi connectivity index (χ4v) is 4.43. The Morgan fingerprint density at radius 2 is 2.07 bits per heavy atom. The summed E-state index contributed by atoms with van der Waals surface area (Å²) >= 11 is 1.17. The lowest BCUT2D eigenvalue weighted by atomic mass is 9.86. The minimum absolute atomic E-state index is 0.150. The first-order valence-corrected chi connectivity index (χ1v) is 9.59. The highest BCUT2D eigenvalue weighted by atomic mass is 32.1. The average Bonchev–Trinajstić information content (AvgIpc) is 3.10. The summed E-state index contributed by atoms with van der Waals surface area (Å²) in [5, 5.41) is 2.59. The highest BCUT2D eigenvalue weighted by Crippen LogP contribution is 2.36. The van der Waals surface area contributed by atoms with Crippen LogP contribution in [0.4, 0.5) is 23.8 Å². The number of benzene rings is 1. The molecule has 27 heavy (non-hydrogen) atoms. The zero-order valence-corrected chi connectivity index (χ0v) is 15.1. The van der Waals surface area contributed by atoms with Crippen molar-refractivity contribution in [2.24, 2.45) is 5.92 Å². The zero-order chi connectivity index (χ0) is 19.0. The number of aromatic nitrogens is 1. The third-order valence-electron chi connectivity index (χ3n) is 5.09. The van der Waals surface area contributed by atoms with Gasteiger partial charge >= 0.3 is 12.3 Å². The summed E-state index contributed by atoms with van der Waals surface area (Å²) in [4.78, 5) is 19.1. The summed E-state index contributed by atoms with van der Waals surface area (Å²) in [6.45, 7) is 2.81. The van der Waals surface area contributed by atoms with E-state index in [1.165, 1.54) is 22.9 Å². The zero-order valence-electron chi connectivity index (χ0n) is 14.3. The molecular formula is C18H18F3N3O2S. The van der Waals surface area contributed by atoms with Crippen molar-refractivity contribution in [2.45, 2.75) is 25.1 Å². The standard InChI is InChI=1S/C18H18F3N3O2S/c19-18(20,21)13-3-1-2-12(8-13)15-16(22-10-27-15)23-17(25)26-14-9-24-6-4-11(14)5-7-24/h1-3,8,10-11,14H,4-7,9H2,(H,23,25). The number of alkyl halides is 3. The number of halogens is 3. The van der Waals surface area contributed by atoms with Gasteiger partial charge in [0.15, 0.2) is 5.82 Å². The van der Waals surface area contributed by atoms with Gasteiger partial charge in [-0.3, -0.25) is 10.2 Å². The number of carbonyl (C=O) groups is 1. The van der Waals surface area contributed by atoms with E-state index < -0.39 is 17.8 Å². The van der Waals surface area contributed by atoms with Crippen molar-refractivity contribution in [3.8, 4) is 10.4 Å². The second-order valence-corrected chi connectivity index (χ2v) is 7.67. The minimum atomic E-state index is -4.43. The molecule has 0 aliphatic carbocycles. The Bertz CT molecular complexity index is 831. The van der Waals surface area contributed by atoms with Crippen LogP contribution < -0.4 is 5.32 Å². The Balaban J connectivity index is 1.47. The molecule has 0 spiro atoms. The molecule has 3 fully saturated rings. The van der Waals surface area contributed by atoms with Crippen molar-refractivity contribution >= 4 is 23.2 Å². The van der Waals surface area contributed by atoms with E-state index in [2.05, 4.69) is 15.2 Å². The van der Waals surface area contributed by atoms with Gasteiger partial charge < -0.3 is 4.74 Å². The van der Waals surface area contributed by atoms with Gasteiger partial charge in [-0.1, -0.05) is 12.1 Å². The lowest BCUT2D eigenvalue weighted by molar-refractivity contribution is -0.137. The second-order valence-electron chi connectivity index (χ2n) is 6.82. The summed E-state index contributed by atoms with van der Waals surface area (Å²) in [7, 11) is 0. The molecule has 1 atom stereocenters. The number of nitrogens with one attached hydrogen (secondary N) is 1. The Hall–Kier alpha value is -2.13. The van der Waals surface area contributed by atoms with Gasteiger partial charge in [0.2, 0.25) is 0 Å². The molecule has 3 aliphatic rings. The fraction of sp³-hybridized carbons (Fsp3) is 0.444. The molecule has 0 radical (unpaired) electrons. The van der Waals surface area contributed by atoms with Gasteiger partial charge in [-0.15, -0.1) is 11.3 Å². The van der Waals surface area contributed by atoms with E-state index in [-0.39, 0.29) is 11.9 Å². The Labute approximate surface area is 158 Å². The summed E-state index contributed by atoms with van der Waals surface area (Å²) in [6, 6.07) is 4.97. The molecule has 2 bridgehead atoms. The van der Waals surface area contributed by atoms with Crippen molar-refractivity contribution in [1.82, 2.24) is 9.88 Å². The molecule has 1 unspecified atom stereocenters. The Morgan fingerprint density at radius 3 is 2.74 bits per heavy atom. The number of rotatable bonds is 3. The number of ether oxygens (including phenoxy) is 1. The number of anilines is 1. The van der Waals surface area contributed by atoms with Gasteiger partial charge in [-0.25, -0.2) is 9.78 Å². The highest BCUT2D eigenvalue weighted by molar-refractivity contribution is 7.13. The lowest BCUT2D eigenvalue weighted by Crippen LogP contribution is -2.52. The monoisotopic (exact) mass is 397 g/mol. The van der Waals surface area contributed by atoms with Crippen LogP contribution >= 0.6 is 11.3 Å². The third-order valence-corrected chi connectivity index (χ3v) is 5.97.